The van der Waals surface area contributed by atoms with Crippen molar-refractivity contribution in [3.8, 4) is 0 Å². The van der Waals surface area contributed by atoms with Gasteiger partial charge in [0.1, 0.15) is 0 Å². The first-order valence-corrected chi connectivity index (χ1v) is 6.32. The molecule has 1 amide bonds. The molecule has 0 saturated carbocycles. The van der Waals surface area contributed by atoms with E-state index in [-0.39, 0.29) is 5.91 Å². The number of piperidine rings is 1. The summed E-state index contributed by atoms with van der Waals surface area (Å²) in [7, 11) is 0. The van der Waals surface area contributed by atoms with E-state index in [1.165, 1.54) is 6.42 Å². The van der Waals surface area contributed by atoms with Crippen LogP contribution in [0.3, 0.4) is 0 Å². The van der Waals surface area contributed by atoms with Gasteiger partial charge < -0.3 is 4.90 Å². The molecular formula is C11H16N2OS. The van der Waals surface area contributed by atoms with Gasteiger partial charge in [0.05, 0.1) is 17.6 Å². The highest BCUT2D eigenvalue weighted by Gasteiger charge is 2.17. The van der Waals surface area contributed by atoms with Gasteiger partial charge in [-0.15, -0.1) is 11.3 Å². The summed E-state index contributed by atoms with van der Waals surface area (Å²) in [5.74, 6) is 0.266. The molecule has 1 aromatic heterocycles. The molecule has 0 N–H and O–H groups in total. The molecule has 1 aliphatic rings. The number of likely N-dealkylation sites (tertiary alicyclic amines) is 1. The van der Waals surface area contributed by atoms with Crippen molar-refractivity contribution in [2.45, 2.75) is 32.6 Å². The van der Waals surface area contributed by atoms with Crippen molar-refractivity contribution < 1.29 is 4.79 Å². The Morgan fingerprint density at radius 1 is 1.47 bits per heavy atom. The standard InChI is InChI=1S/C11H16N2OS/c1-9-10(15-8-12-9)7-11(14)13-5-3-2-4-6-13/h8H,2-7H2,1H3. The number of hydrogen-bond donors (Lipinski definition) is 0. The maximum atomic E-state index is 11.9. The molecule has 0 aromatic carbocycles. The lowest BCUT2D eigenvalue weighted by atomic mass is 10.1. The average molecular weight is 224 g/mol. The summed E-state index contributed by atoms with van der Waals surface area (Å²) in [4.78, 5) is 19.2. The molecule has 1 saturated heterocycles. The molecule has 1 fully saturated rings. The summed E-state index contributed by atoms with van der Waals surface area (Å²) in [5.41, 5.74) is 2.82. The van der Waals surface area contributed by atoms with E-state index in [2.05, 4.69) is 4.98 Å². The molecule has 82 valence electrons. The normalized spacial score (nSPS) is 16.7. The maximum Gasteiger partial charge on any atom is 0.227 e. The maximum absolute atomic E-state index is 11.9. The van der Waals surface area contributed by atoms with E-state index >= 15 is 0 Å². The molecule has 15 heavy (non-hydrogen) atoms. The summed E-state index contributed by atoms with van der Waals surface area (Å²) < 4.78 is 0. The topological polar surface area (TPSA) is 33.2 Å². The summed E-state index contributed by atoms with van der Waals surface area (Å²) in [6.45, 7) is 3.85. The second-order valence-electron chi connectivity index (χ2n) is 3.98. The Bertz CT molecular complexity index is 342. The van der Waals surface area contributed by atoms with Crippen LogP contribution in [0.2, 0.25) is 0 Å². The van der Waals surface area contributed by atoms with Crippen LogP contribution in [0.25, 0.3) is 0 Å². The van der Waals surface area contributed by atoms with E-state index in [0.717, 1.165) is 36.5 Å². The highest BCUT2D eigenvalue weighted by atomic mass is 32.1. The van der Waals surface area contributed by atoms with Gasteiger partial charge in [0.25, 0.3) is 0 Å². The second-order valence-corrected chi connectivity index (χ2v) is 4.92. The fourth-order valence-electron chi connectivity index (χ4n) is 1.89. The van der Waals surface area contributed by atoms with E-state index in [0.29, 0.717) is 6.42 Å². The smallest absolute Gasteiger partial charge is 0.227 e. The van der Waals surface area contributed by atoms with E-state index in [1.54, 1.807) is 11.3 Å². The molecule has 2 rings (SSSR count). The highest BCUT2D eigenvalue weighted by Crippen LogP contribution is 2.16. The number of nitrogens with zero attached hydrogens (tertiary/aromatic N) is 2. The van der Waals surface area contributed by atoms with Crippen LogP contribution in [-0.4, -0.2) is 28.9 Å². The first-order valence-electron chi connectivity index (χ1n) is 5.44. The molecule has 0 bridgehead atoms. The van der Waals surface area contributed by atoms with Crippen molar-refractivity contribution >= 4 is 17.2 Å². The molecule has 3 nitrogen and oxygen atoms in total. The van der Waals surface area contributed by atoms with Crippen LogP contribution in [0.4, 0.5) is 0 Å². The minimum atomic E-state index is 0.266. The van der Waals surface area contributed by atoms with Crippen molar-refractivity contribution in [3.05, 3.63) is 16.1 Å². The average Bonchev–Trinajstić information content (AvgIpc) is 2.66. The van der Waals surface area contributed by atoms with Gasteiger partial charge in [0, 0.05) is 18.0 Å². The van der Waals surface area contributed by atoms with Crippen LogP contribution in [0.15, 0.2) is 5.51 Å². The summed E-state index contributed by atoms with van der Waals surface area (Å²) in [6.07, 6.45) is 4.13. The number of carbonyl (C=O) groups is 1. The number of amides is 1. The van der Waals surface area contributed by atoms with E-state index in [1.807, 2.05) is 17.3 Å². The molecular weight excluding hydrogens is 208 g/mol. The predicted octanol–water partition coefficient (Wildman–Crippen LogP) is 2.01. The molecule has 1 aliphatic heterocycles. The molecule has 0 unspecified atom stereocenters. The molecule has 0 aliphatic carbocycles. The number of rotatable bonds is 2. The minimum Gasteiger partial charge on any atom is -0.342 e. The quantitative estimate of drug-likeness (QED) is 0.770. The minimum absolute atomic E-state index is 0.266. The van der Waals surface area contributed by atoms with Crippen LogP contribution in [0.5, 0.6) is 0 Å². The number of thiazole rings is 1. The predicted molar refractivity (Wildman–Crippen MR) is 61.0 cm³/mol. The van der Waals surface area contributed by atoms with Crippen molar-refractivity contribution in [1.29, 1.82) is 0 Å². The Hall–Kier alpha value is -0.900. The van der Waals surface area contributed by atoms with Gasteiger partial charge >= 0.3 is 0 Å². The van der Waals surface area contributed by atoms with Crippen molar-refractivity contribution in [2.75, 3.05) is 13.1 Å². The van der Waals surface area contributed by atoms with Gasteiger partial charge in [0.15, 0.2) is 0 Å². The number of aromatic nitrogens is 1. The Labute approximate surface area is 94.1 Å². The Kier molecular flexibility index (Phi) is 3.36. The Balaban J connectivity index is 1.94. The number of carbonyl (C=O) groups excluding carboxylic acids is 1. The first kappa shape index (κ1) is 10.6. The fraction of sp³-hybridized carbons (Fsp3) is 0.636. The zero-order valence-corrected chi connectivity index (χ0v) is 9.85. The lowest BCUT2D eigenvalue weighted by molar-refractivity contribution is -0.131. The van der Waals surface area contributed by atoms with Crippen LogP contribution < -0.4 is 0 Å². The SMILES string of the molecule is Cc1ncsc1CC(=O)N1CCCCC1. The van der Waals surface area contributed by atoms with Gasteiger partial charge in [0.2, 0.25) is 5.91 Å². The van der Waals surface area contributed by atoms with Crippen LogP contribution in [-0.2, 0) is 11.2 Å². The van der Waals surface area contributed by atoms with Gasteiger partial charge in [-0.3, -0.25) is 4.79 Å². The van der Waals surface area contributed by atoms with E-state index < -0.39 is 0 Å². The van der Waals surface area contributed by atoms with E-state index in [9.17, 15) is 4.79 Å². The first-order chi connectivity index (χ1) is 7.27. The molecule has 0 radical (unpaired) electrons. The van der Waals surface area contributed by atoms with Crippen LogP contribution in [0.1, 0.15) is 29.8 Å². The highest BCUT2D eigenvalue weighted by molar-refractivity contribution is 7.09. The fourth-order valence-corrected chi connectivity index (χ4v) is 2.66. The molecule has 4 heteroatoms. The van der Waals surface area contributed by atoms with Crippen molar-refractivity contribution in [1.82, 2.24) is 9.88 Å². The Morgan fingerprint density at radius 2 is 2.20 bits per heavy atom. The van der Waals surface area contributed by atoms with Gasteiger partial charge in [-0.1, -0.05) is 0 Å². The molecule has 0 spiro atoms. The third-order valence-corrected chi connectivity index (χ3v) is 3.80. The lowest BCUT2D eigenvalue weighted by Gasteiger charge is -2.26. The largest absolute Gasteiger partial charge is 0.342 e. The number of hydrogen-bond acceptors (Lipinski definition) is 3. The third-order valence-electron chi connectivity index (χ3n) is 2.87. The molecule has 0 atom stereocenters. The summed E-state index contributed by atoms with van der Waals surface area (Å²) in [6, 6.07) is 0. The van der Waals surface area contributed by atoms with Crippen molar-refractivity contribution in [2.24, 2.45) is 0 Å². The summed E-state index contributed by atoms with van der Waals surface area (Å²) in [5, 5.41) is 0. The monoisotopic (exact) mass is 224 g/mol. The second kappa shape index (κ2) is 4.75. The van der Waals surface area contributed by atoms with Gasteiger partial charge in [-0.2, -0.15) is 0 Å². The zero-order chi connectivity index (χ0) is 10.7. The third kappa shape index (κ3) is 2.56. The summed E-state index contributed by atoms with van der Waals surface area (Å²) >= 11 is 1.58. The number of aryl methyl sites for hydroxylation is 1. The molecule has 2 heterocycles. The van der Waals surface area contributed by atoms with E-state index in [4.69, 9.17) is 0 Å². The molecule has 1 aromatic rings. The Morgan fingerprint density at radius 3 is 2.80 bits per heavy atom. The van der Waals surface area contributed by atoms with Crippen LogP contribution in [0, 0.1) is 6.92 Å². The van der Waals surface area contributed by atoms with Gasteiger partial charge in [-0.25, -0.2) is 4.98 Å². The van der Waals surface area contributed by atoms with Crippen molar-refractivity contribution in [3.63, 3.8) is 0 Å². The lowest BCUT2D eigenvalue weighted by Crippen LogP contribution is -2.36. The zero-order valence-electron chi connectivity index (χ0n) is 9.03. The van der Waals surface area contributed by atoms with Crippen LogP contribution >= 0.6 is 11.3 Å². The van der Waals surface area contributed by atoms with Gasteiger partial charge in [-0.05, 0) is 26.2 Å².